The molecule has 1 radical (unpaired) electrons. The van der Waals surface area contributed by atoms with Gasteiger partial charge in [-0.15, -0.1) is 22.3 Å². The van der Waals surface area contributed by atoms with Crippen molar-refractivity contribution in [3.63, 3.8) is 0 Å². The molecular weight excluding hydrogens is 776 g/mol. The molecule has 4 aromatic carbocycles. The number of hydrogen-bond donors (Lipinski definition) is 2. The standard InChI is InChI=1S/C41H38N7O2S2.Y/c1-28-13-12-17-31(23-28)48-38(24-36(46-48)41(2,3)51-4)43-40(49)42-25-30-16-8-11-20-35(30)52-32-21-22-37-44-45-39(47(37)26-32)33-18-9-10-19-34(33)50-27-29-14-6-5-7-15-29;/h5-12,14-24,26H,25,27H2,1-4H3,(H2,42,43,49);/q-1;. The summed E-state index contributed by atoms with van der Waals surface area (Å²) in [5, 5.41) is 20.0. The van der Waals surface area contributed by atoms with Gasteiger partial charge in [0.2, 0.25) is 0 Å². The van der Waals surface area contributed by atoms with Crippen molar-refractivity contribution in [3.8, 4) is 22.8 Å². The van der Waals surface area contributed by atoms with Crippen LogP contribution >= 0.6 is 23.5 Å². The number of aromatic nitrogens is 5. The number of anilines is 1. The Balaban J connectivity index is 0.00000481. The van der Waals surface area contributed by atoms with Gasteiger partial charge in [0, 0.05) is 61.3 Å². The molecule has 53 heavy (non-hydrogen) atoms. The van der Waals surface area contributed by atoms with Gasteiger partial charge in [-0.25, -0.2) is 9.48 Å². The first-order chi connectivity index (χ1) is 25.3. The third kappa shape index (κ3) is 9.04. The van der Waals surface area contributed by atoms with Crippen molar-refractivity contribution in [2.45, 2.75) is 48.5 Å². The first-order valence-electron chi connectivity index (χ1n) is 16.8. The zero-order valence-electron chi connectivity index (χ0n) is 29.9. The molecule has 12 heteroatoms. The van der Waals surface area contributed by atoms with Crippen LogP contribution in [-0.4, -0.2) is 36.7 Å². The topological polar surface area (TPSA) is 98.4 Å². The number of para-hydroxylation sites is 1. The summed E-state index contributed by atoms with van der Waals surface area (Å²) < 4.78 is 9.78. The molecule has 0 bridgehead atoms. The number of thioether (sulfide) groups is 1. The molecule has 3 heterocycles. The summed E-state index contributed by atoms with van der Waals surface area (Å²) >= 11 is 3.32. The Morgan fingerprint density at radius 3 is 2.51 bits per heavy atom. The van der Waals surface area contributed by atoms with E-state index < -0.39 is 0 Å². The van der Waals surface area contributed by atoms with E-state index in [2.05, 4.69) is 53.1 Å². The normalized spacial score (nSPS) is 11.2. The SMILES string of the molecule is CSC(C)(C)c1cc(NC(=O)NCc2ccccc2Sc2ccc3nnc(-c4ccccc4OCc4ccccc4)n3c2)n(-c2cc[c-]c(C)c2)n1.[Y]. The number of aryl methyl sites for hydroxylation is 1. The second-order valence-corrected chi connectivity index (χ2v) is 15.2. The molecule has 3 aromatic heterocycles. The van der Waals surface area contributed by atoms with Crippen molar-refractivity contribution in [1.29, 1.82) is 0 Å². The van der Waals surface area contributed by atoms with E-state index in [9.17, 15) is 4.79 Å². The van der Waals surface area contributed by atoms with Crippen molar-refractivity contribution in [2.24, 2.45) is 0 Å². The fourth-order valence-corrected chi connectivity index (χ4v) is 6.88. The third-order valence-electron chi connectivity index (χ3n) is 8.63. The fourth-order valence-electron chi connectivity index (χ4n) is 5.61. The first-order valence-corrected chi connectivity index (χ1v) is 18.9. The van der Waals surface area contributed by atoms with Crippen molar-refractivity contribution in [2.75, 3.05) is 11.6 Å². The summed E-state index contributed by atoms with van der Waals surface area (Å²) in [5.74, 6) is 2.02. The predicted octanol–water partition coefficient (Wildman–Crippen LogP) is 9.34. The van der Waals surface area contributed by atoms with Crippen LogP contribution in [0.5, 0.6) is 5.75 Å². The average molecular weight is 814 g/mol. The number of rotatable bonds is 12. The molecule has 0 aliphatic heterocycles. The number of amides is 2. The largest absolute Gasteiger partial charge is 0.488 e. The Morgan fingerprint density at radius 1 is 0.925 bits per heavy atom. The number of carbonyl (C=O) groups is 1. The van der Waals surface area contributed by atoms with Gasteiger partial charge in [-0.2, -0.15) is 34.6 Å². The maximum absolute atomic E-state index is 13.4. The molecule has 2 N–H and O–H groups in total. The van der Waals surface area contributed by atoms with Gasteiger partial charge in [-0.3, -0.25) is 9.72 Å². The average Bonchev–Trinajstić information content (AvgIpc) is 3.79. The number of benzene rings is 4. The molecule has 0 saturated heterocycles. The van der Waals surface area contributed by atoms with Gasteiger partial charge in [-0.05, 0) is 67.2 Å². The van der Waals surface area contributed by atoms with E-state index in [1.54, 1.807) is 28.2 Å². The van der Waals surface area contributed by atoms with Crippen LogP contribution in [0.1, 0.15) is 36.2 Å². The Bertz CT molecular complexity index is 2340. The number of fused-ring (bicyclic) bond motifs is 1. The minimum absolute atomic E-state index is 0. The van der Waals surface area contributed by atoms with E-state index in [0.717, 1.165) is 54.8 Å². The molecule has 0 aliphatic rings. The quantitative estimate of drug-likeness (QED) is 0.119. The van der Waals surface area contributed by atoms with Gasteiger partial charge in [0.25, 0.3) is 0 Å². The van der Waals surface area contributed by atoms with E-state index in [0.29, 0.717) is 24.8 Å². The molecule has 0 saturated carbocycles. The summed E-state index contributed by atoms with van der Waals surface area (Å²) in [6, 6.07) is 40.6. The van der Waals surface area contributed by atoms with Crippen molar-refractivity contribution >= 4 is 41.0 Å². The molecule has 265 valence electrons. The molecule has 0 aliphatic carbocycles. The van der Waals surface area contributed by atoms with Crippen molar-refractivity contribution < 1.29 is 42.2 Å². The maximum atomic E-state index is 13.4. The Morgan fingerprint density at radius 2 is 1.70 bits per heavy atom. The van der Waals surface area contributed by atoms with Crippen LogP contribution in [0.3, 0.4) is 0 Å². The molecule has 9 nitrogen and oxygen atoms in total. The van der Waals surface area contributed by atoms with Crippen LogP contribution in [0.15, 0.2) is 131 Å². The molecule has 0 spiro atoms. The van der Waals surface area contributed by atoms with Gasteiger partial charge in [-0.1, -0.05) is 79.3 Å². The van der Waals surface area contributed by atoms with Gasteiger partial charge in [0.05, 0.1) is 16.0 Å². The Labute approximate surface area is 343 Å². The summed E-state index contributed by atoms with van der Waals surface area (Å²) in [5.41, 5.74) is 6.38. The summed E-state index contributed by atoms with van der Waals surface area (Å²) in [7, 11) is 0. The predicted molar refractivity (Wildman–Crippen MR) is 209 cm³/mol. The third-order valence-corrected chi connectivity index (χ3v) is 11.0. The molecule has 0 unspecified atom stereocenters. The van der Waals surface area contributed by atoms with E-state index in [-0.39, 0.29) is 43.5 Å². The Kier molecular flexibility index (Phi) is 12.4. The van der Waals surface area contributed by atoms with Gasteiger partial charge < -0.3 is 10.1 Å². The number of hydrogen-bond acceptors (Lipinski definition) is 7. The van der Waals surface area contributed by atoms with E-state index in [4.69, 9.17) is 9.84 Å². The number of carbonyl (C=O) groups excluding carboxylic acids is 1. The van der Waals surface area contributed by atoms with Crippen LogP contribution in [0.4, 0.5) is 10.6 Å². The van der Waals surface area contributed by atoms with Crippen LogP contribution in [-0.2, 0) is 50.6 Å². The maximum Gasteiger partial charge on any atom is 0.320 e. The van der Waals surface area contributed by atoms with Crippen molar-refractivity contribution in [1.82, 2.24) is 29.7 Å². The van der Waals surface area contributed by atoms with Crippen LogP contribution in [0, 0.1) is 13.0 Å². The number of nitrogens with one attached hydrogen (secondary N) is 2. The van der Waals surface area contributed by atoms with Gasteiger partial charge in [0.1, 0.15) is 18.2 Å². The van der Waals surface area contributed by atoms with Crippen molar-refractivity contribution in [3.05, 3.63) is 150 Å². The molecule has 7 aromatic rings. The molecule has 7 rings (SSSR count). The van der Waals surface area contributed by atoms with Gasteiger partial charge >= 0.3 is 6.03 Å². The molecule has 2 amide bonds. The number of urea groups is 1. The number of pyridine rings is 1. The number of ether oxygens (including phenoxy) is 1. The number of nitrogens with zero attached hydrogens (tertiary/aromatic N) is 5. The minimum atomic E-state index is -0.322. The summed E-state index contributed by atoms with van der Waals surface area (Å²) in [6.45, 7) is 7.01. The summed E-state index contributed by atoms with van der Waals surface area (Å²) in [6.07, 6.45) is 4.10. The Hall–Kier alpha value is -4.42. The van der Waals surface area contributed by atoms with E-state index >= 15 is 0 Å². The monoisotopic (exact) mass is 813 g/mol. The minimum Gasteiger partial charge on any atom is -0.488 e. The van der Waals surface area contributed by atoms with E-state index in [1.165, 1.54) is 0 Å². The van der Waals surface area contributed by atoms with Crippen LogP contribution < -0.4 is 15.4 Å². The van der Waals surface area contributed by atoms with Crippen LogP contribution in [0.25, 0.3) is 22.7 Å². The second-order valence-electron chi connectivity index (χ2n) is 12.7. The molecular formula is C41H38N7O2S2Y-. The zero-order chi connectivity index (χ0) is 36.1. The smallest absolute Gasteiger partial charge is 0.320 e. The van der Waals surface area contributed by atoms with Gasteiger partial charge in [0.15, 0.2) is 11.5 Å². The second kappa shape index (κ2) is 17.2. The zero-order valence-corrected chi connectivity index (χ0v) is 34.4. The molecule has 0 fully saturated rings. The summed E-state index contributed by atoms with van der Waals surface area (Å²) in [4.78, 5) is 15.4. The van der Waals surface area contributed by atoms with Crippen LogP contribution in [0.2, 0.25) is 0 Å². The fraction of sp³-hybridized carbons (Fsp3) is 0.171. The first kappa shape index (κ1) is 38.3. The van der Waals surface area contributed by atoms with E-state index in [1.807, 2.05) is 127 Å². The molecule has 0 atom stereocenters.